The van der Waals surface area contributed by atoms with Crippen molar-refractivity contribution >= 4 is 17.7 Å². The van der Waals surface area contributed by atoms with Crippen LogP contribution in [0.1, 0.15) is 15.9 Å². The van der Waals surface area contributed by atoms with Crippen molar-refractivity contribution < 1.29 is 9.18 Å². The quantitative estimate of drug-likeness (QED) is 0.749. The van der Waals surface area contributed by atoms with Crippen molar-refractivity contribution in [2.45, 2.75) is 6.92 Å². The van der Waals surface area contributed by atoms with Crippen LogP contribution in [-0.4, -0.2) is 35.4 Å². The molecule has 1 aliphatic heterocycles. The van der Waals surface area contributed by atoms with Gasteiger partial charge in [0.05, 0.1) is 0 Å². The molecule has 0 saturated carbocycles. The second kappa shape index (κ2) is 4.87. The van der Waals surface area contributed by atoms with Crippen molar-refractivity contribution in [1.82, 2.24) is 4.90 Å². The molecule has 1 saturated heterocycles. The molecule has 2 nitrogen and oxygen atoms in total. The molecule has 1 heterocycles. The van der Waals surface area contributed by atoms with Gasteiger partial charge in [-0.05, 0) is 24.6 Å². The number of hydrogen-bond acceptors (Lipinski definition) is 2. The summed E-state index contributed by atoms with van der Waals surface area (Å²) in [7, 11) is 0. The molecule has 0 atom stereocenters. The van der Waals surface area contributed by atoms with E-state index in [0.717, 1.165) is 24.6 Å². The van der Waals surface area contributed by atoms with Gasteiger partial charge >= 0.3 is 0 Å². The van der Waals surface area contributed by atoms with E-state index in [-0.39, 0.29) is 11.7 Å². The molecule has 1 aromatic rings. The fraction of sp³-hybridized carbons (Fsp3) is 0.417. The molecule has 16 heavy (non-hydrogen) atoms. The van der Waals surface area contributed by atoms with Crippen LogP contribution in [0.2, 0.25) is 0 Å². The molecule has 0 aliphatic carbocycles. The lowest BCUT2D eigenvalue weighted by Crippen LogP contribution is -2.38. The van der Waals surface area contributed by atoms with E-state index in [1.54, 1.807) is 24.0 Å². The second-order valence-corrected chi connectivity index (χ2v) is 5.04. The van der Waals surface area contributed by atoms with Gasteiger partial charge in [0.1, 0.15) is 5.82 Å². The molecule has 1 amide bonds. The first kappa shape index (κ1) is 11.5. The van der Waals surface area contributed by atoms with Gasteiger partial charge in [-0.25, -0.2) is 4.39 Å². The predicted molar refractivity (Wildman–Crippen MR) is 64.4 cm³/mol. The molecule has 0 unspecified atom stereocenters. The number of halogens is 1. The van der Waals surface area contributed by atoms with Crippen LogP contribution in [0.4, 0.5) is 4.39 Å². The summed E-state index contributed by atoms with van der Waals surface area (Å²) in [6, 6.07) is 4.68. The van der Waals surface area contributed by atoms with E-state index >= 15 is 0 Å². The van der Waals surface area contributed by atoms with E-state index in [2.05, 4.69) is 0 Å². The molecule has 1 aromatic carbocycles. The second-order valence-electron chi connectivity index (χ2n) is 3.82. The first-order chi connectivity index (χ1) is 7.70. The summed E-state index contributed by atoms with van der Waals surface area (Å²) in [6.45, 7) is 3.18. The third-order valence-electron chi connectivity index (χ3n) is 2.80. The maximum absolute atomic E-state index is 13.3. The average molecular weight is 239 g/mol. The molecule has 0 N–H and O–H groups in total. The third-order valence-corrected chi connectivity index (χ3v) is 3.74. The number of amides is 1. The highest BCUT2D eigenvalue weighted by Gasteiger charge is 2.20. The van der Waals surface area contributed by atoms with Gasteiger partial charge < -0.3 is 4.90 Å². The number of carbonyl (C=O) groups is 1. The fourth-order valence-electron chi connectivity index (χ4n) is 1.78. The van der Waals surface area contributed by atoms with Crippen LogP contribution in [0.15, 0.2) is 18.2 Å². The van der Waals surface area contributed by atoms with Gasteiger partial charge in [-0.1, -0.05) is 6.07 Å². The lowest BCUT2D eigenvalue weighted by atomic mass is 10.1. The van der Waals surface area contributed by atoms with E-state index in [9.17, 15) is 9.18 Å². The van der Waals surface area contributed by atoms with Gasteiger partial charge in [0, 0.05) is 30.2 Å². The Balaban J connectivity index is 2.22. The summed E-state index contributed by atoms with van der Waals surface area (Å²) in [5.74, 6) is 1.59. The first-order valence-electron chi connectivity index (χ1n) is 5.32. The minimum atomic E-state index is -0.308. The number of nitrogens with zero attached hydrogens (tertiary/aromatic N) is 1. The highest BCUT2D eigenvalue weighted by Crippen LogP contribution is 2.17. The maximum Gasteiger partial charge on any atom is 0.254 e. The Morgan fingerprint density at radius 2 is 2.06 bits per heavy atom. The molecule has 0 spiro atoms. The first-order valence-corrected chi connectivity index (χ1v) is 6.48. The number of carbonyl (C=O) groups excluding carboxylic acids is 1. The van der Waals surface area contributed by atoms with Crippen molar-refractivity contribution in [2.24, 2.45) is 0 Å². The van der Waals surface area contributed by atoms with Crippen molar-refractivity contribution in [2.75, 3.05) is 24.6 Å². The van der Waals surface area contributed by atoms with Gasteiger partial charge in [-0.15, -0.1) is 0 Å². The highest BCUT2D eigenvalue weighted by molar-refractivity contribution is 7.99. The van der Waals surface area contributed by atoms with Crippen LogP contribution < -0.4 is 0 Å². The zero-order valence-corrected chi connectivity index (χ0v) is 10.0. The Hall–Kier alpha value is -1.03. The number of rotatable bonds is 1. The standard InChI is InChI=1S/C12H14FNOS/c1-9-10(3-2-4-11(9)13)12(15)14-5-7-16-8-6-14/h2-4H,5-8H2,1H3. The van der Waals surface area contributed by atoms with Crippen molar-refractivity contribution in [1.29, 1.82) is 0 Å². The predicted octanol–water partition coefficient (Wildman–Crippen LogP) is 2.32. The van der Waals surface area contributed by atoms with Crippen LogP contribution >= 0.6 is 11.8 Å². The Morgan fingerprint density at radius 3 is 2.75 bits per heavy atom. The topological polar surface area (TPSA) is 20.3 Å². The lowest BCUT2D eigenvalue weighted by Gasteiger charge is -2.27. The van der Waals surface area contributed by atoms with Crippen LogP contribution in [0.5, 0.6) is 0 Å². The molecule has 1 aliphatic rings. The van der Waals surface area contributed by atoms with E-state index in [0.29, 0.717) is 11.1 Å². The largest absolute Gasteiger partial charge is 0.337 e. The van der Waals surface area contributed by atoms with E-state index in [4.69, 9.17) is 0 Å². The molecule has 0 bridgehead atoms. The Bertz CT molecular complexity index is 402. The Morgan fingerprint density at radius 1 is 1.38 bits per heavy atom. The smallest absolute Gasteiger partial charge is 0.254 e. The summed E-state index contributed by atoms with van der Waals surface area (Å²) in [6.07, 6.45) is 0. The molecule has 2 rings (SSSR count). The number of benzene rings is 1. The van der Waals surface area contributed by atoms with Crippen LogP contribution in [0.25, 0.3) is 0 Å². The van der Waals surface area contributed by atoms with Gasteiger partial charge in [-0.2, -0.15) is 11.8 Å². The van der Waals surface area contributed by atoms with E-state index < -0.39 is 0 Å². The summed E-state index contributed by atoms with van der Waals surface area (Å²) < 4.78 is 13.3. The van der Waals surface area contributed by atoms with Crippen LogP contribution in [0.3, 0.4) is 0 Å². The molecule has 86 valence electrons. The van der Waals surface area contributed by atoms with Gasteiger partial charge in [0.15, 0.2) is 0 Å². The Labute approximate surface area is 98.8 Å². The van der Waals surface area contributed by atoms with Gasteiger partial charge in [0.25, 0.3) is 5.91 Å². The zero-order valence-electron chi connectivity index (χ0n) is 9.20. The van der Waals surface area contributed by atoms with Gasteiger partial charge in [0.2, 0.25) is 0 Å². The van der Waals surface area contributed by atoms with E-state index in [1.807, 2.05) is 11.8 Å². The molecule has 0 radical (unpaired) electrons. The summed E-state index contributed by atoms with van der Waals surface area (Å²) in [5.41, 5.74) is 0.942. The minimum absolute atomic E-state index is 0.0442. The number of hydrogen-bond donors (Lipinski definition) is 0. The van der Waals surface area contributed by atoms with Gasteiger partial charge in [-0.3, -0.25) is 4.79 Å². The SMILES string of the molecule is Cc1c(F)cccc1C(=O)N1CCSCC1. The fourth-order valence-corrected chi connectivity index (χ4v) is 2.68. The Kier molecular flexibility index (Phi) is 3.49. The average Bonchev–Trinajstić information content (AvgIpc) is 2.33. The molecular formula is C12H14FNOS. The summed E-state index contributed by atoms with van der Waals surface area (Å²) in [5, 5.41) is 0. The molecule has 1 fully saturated rings. The zero-order chi connectivity index (χ0) is 11.5. The van der Waals surface area contributed by atoms with Crippen LogP contribution in [-0.2, 0) is 0 Å². The highest BCUT2D eigenvalue weighted by atomic mass is 32.2. The summed E-state index contributed by atoms with van der Waals surface area (Å²) in [4.78, 5) is 13.9. The maximum atomic E-state index is 13.3. The van der Waals surface area contributed by atoms with E-state index in [1.165, 1.54) is 6.07 Å². The summed E-state index contributed by atoms with van der Waals surface area (Å²) >= 11 is 1.85. The molecular weight excluding hydrogens is 225 g/mol. The molecule has 0 aromatic heterocycles. The van der Waals surface area contributed by atoms with Crippen LogP contribution in [0, 0.1) is 12.7 Å². The number of thioether (sulfide) groups is 1. The van der Waals surface area contributed by atoms with Crippen molar-refractivity contribution in [3.8, 4) is 0 Å². The third kappa shape index (κ3) is 2.21. The van der Waals surface area contributed by atoms with Crippen molar-refractivity contribution in [3.63, 3.8) is 0 Å². The monoisotopic (exact) mass is 239 g/mol. The molecule has 4 heteroatoms. The lowest BCUT2D eigenvalue weighted by molar-refractivity contribution is 0.0771. The minimum Gasteiger partial charge on any atom is -0.337 e. The normalized spacial score (nSPS) is 16.2. The van der Waals surface area contributed by atoms with Crippen molar-refractivity contribution in [3.05, 3.63) is 35.1 Å².